The van der Waals surface area contributed by atoms with Crippen LogP contribution in [0, 0.1) is 5.92 Å². The second kappa shape index (κ2) is 10.1. The lowest BCUT2D eigenvalue weighted by Crippen LogP contribution is -2.47. The first-order chi connectivity index (χ1) is 11.8. The SMILES string of the molecule is Cl.NCCNC(=O)C1CCCN(C(=O)CS(=O)(=O)c2ccc(Cl)cc2)C1. The summed E-state index contributed by atoms with van der Waals surface area (Å²) in [4.78, 5) is 25.9. The molecule has 2 amide bonds. The number of nitrogens with one attached hydrogen (secondary N) is 1. The summed E-state index contributed by atoms with van der Waals surface area (Å²) in [5.41, 5.74) is 5.36. The van der Waals surface area contributed by atoms with Crippen molar-refractivity contribution in [1.29, 1.82) is 0 Å². The van der Waals surface area contributed by atoms with Gasteiger partial charge in [-0.2, -0.15) is 0 Å². The molecule has 0 spiro atoms. The molecule has 1 atom stereocenters. The minimum atomic E-state index is -3.74. The summed E-state index contributed by atoms with van der Waals surface area (Å²) in [6.45, 7) is 1.41. The molecule has 0 bridgehead atoms. The zero-order valence-electron chi connectivity index (χ0n) is 14.2. The summed E-state index contributed by atoms with van der Waals surface area (Å²) in [6, 6.07) is 5.70. The van der Waals surface area contributed by atoms with E-state index in [2.05, 4.69) is 5.32 Å². The summed E-state index contributed by atoms with van der Waals surface area (Å²) in [6.07, 6.45) is 1.33. The largest absolute Gasteiger partial charge is 0.355 e. The maximum Gasteiger partial charge on any atom is 0.238 e. The second-order valence-corrected chi connectivity index (χ2v) is 8.40. The first kappa shape index (κ1) is 22.7. The Morgan fingerprint density at radius 2 is 1.92 bits per heavy atom. The van der Waals surface area contributed by atoms with Gasteiger partial charge in [-0.1, -0.05) is 11.6 Å². The number of hydrogen-bond acceptors (Lipinski definition) is 5. The van der Waals surface area contributed by atoms with Gasteiger partial charge in [0.15, 0.2) is 9.84 Å². The fourth-order valence-electron chi connectivity index (χ4n) is 2.74. The number of halogens is 2. The maximum absolute atomic E-state index is 12.4. The van der Waals surface area contributed by atoms with Gasteiger partial charge < -0.3 is 16.0 Å². The van der Waals surface area contributed by atoms with Gasteiger partial charge in [0.2, 0.25) is 11.8 Å². The lowest BCUT2D eigenvalue weighted by atomic mass is 9.97. The Morgan fingerprint density at radius 3 is 2.54 bits per heavy atom. The smallest absolute Gasteiger partial charge is 0.238 e. The Bertz CT molecular complexity index is 726. The van der Waals surface area contributed by atoms with E-state index in [0.29, 0.717) is 37.5 Å². The highest BCUT2D eigenvalue weighted by Crippen LogP contribution is 2.19. The van der Waals surface area contributed by atoms with E-state index in [9.17, 15) is 18.0 Å². The van der Waals surface area contributed by atoms with Crippen LogP contribution >= 0.6 is 24.0 Å². The van der Waals surface area contributed by atoms with Crippen LogP contribution in [0.4, 0.5) is 0 Å². The van der Waals surface area contributed by atoms with E-state index in [1.807, 2.05) is 0 Å². The van der Waals surface area contributed by atoms with Crippen molar-refractivity contribution in [1.82, 2.24) is 10.2 Å². The van der Waals surface area contributed by atoms with Gasteiger partial charge in [-0.15, -0.1) is 12.4 Å². The van der Waals surface area contributed by atoms with Gasteiger partial charge in [0.1, 0.15) is 5.75 Å². The molecule has 0 radical (unpaired) electrons. The first-order valence-corrected chi connectivity index (χ1v) is 10.1. The molecule has 26 heavy (non-hydrogen) atoms. The topological polar surface area (TPSA) is 110 Å². The van der Waals surface area contributed by atoms with Crippen LogP contribution in [0.15, 0.2) is 29.2 Å². The van der Waals surface area contributed by atoms with E-state index in [0.717, 1.165) is 0 Å². The van der Waals surface area contributed by atoms with Gasteiger partial charge in [0, 0.05) is 31.2 Å². The molecule has 7 nitrogen and oxygen atoms in total. The highest BCUT2D eigenvalue weighted by molar-refractivity contribution is 7.92. The first-order valence-electron chi connectivity index (χ1n) is 8.07. The number of piperidine rings is 1. The van der Waals surface area contributed by atoms with E-state index < -0.39 is 21.5 Å². The molecule has 1 aliphatic rings. The number of carbonyl (C=O) groups excluding carboxylic acids is 2. The minimum Gasteiger partial charge on any atom is -0.355 e. The molecule has 1 heterocycles. The van der Waals surface area contributed by atoms with Gasteiger partial charge in [-0.3, -0.25) is 9.59 Å². The molecule has 3 N–H and O–H groups in total. The second-order valence-electron chi connectivity index (χ2n) is 5.97. The number of nitrogens with zero attached hydrogens (tertiary/aromatic N) is 1. The van der Waals surface area contributed by atoms with E-state index in [1.54, 1.807) is 0 Å². The third-order valence-corrected chi connectivity index (χ3v) is 5.94. The number of rotatable bonds is 6. The molecule has 0 saturated carbocycles. The lowest BCUT2D eigenvalue weighted by Gasteiger charge is -2.32. The van der Waals surface area contributed by atoms with Crippen LogP contribution in [0.2, 0.25) is 5.02 Å². The van der Waals surface area contributed by atoms with Crippen LogP contribution in [0.25, 0.3) is 0 Å². The van der Waals surface area contributed by atoms with E-state index in [4.69, 9.17) is 17.3 Å². The average molecular weight is 424 g/mol. The van der Waals surface area contributed by atoms with Crippen LogP contribution in [-0.4, -0.2) is 57.1 Å². The maximum atomic E-state index is 12.4. The highest BCUT2D eigenvalue weighted by atomic mass is 35.5. The lowest BCUT2D eigenvalue weighted by molar-refractivity contribution is -0.133. The van der Waals surface area contributed by atoms with Crippen LogP contribution in [0.5, 0.6) is 0 Å². The van der Waals surface area contributed by atoms with Crippen LogP contribution in [-0.2, 0) is 19.4 Å². The van der Waals surface area contributed by atoms with Crippen molar-refractivity contribution < 1.29 is 18.0 Å². The number of sulfone groups is 1. The van der Waals surface area contributed by atoms with Gasteiger partial charge >= 0.3 is 0 Å². The molecule has 10 heteroatoms. The summed E-state index contributed by atoms with van der Waals surface area (Å²) in [7, 11) is -3.74. The summed E-state index contributed by atoms with van der Waals surface area (Å²) >= 11 is 5.76. The van der Waals surface area contributed by atoms with Crippen molar-refractivity contribution in [2.75, 3.05) is 31.9 Å². The predicted octanol–water partition coefficient (Wildman–Crippen LogP) is 0.849. The Morgan fingerprint density at radius 1 is 1.27 bits per heavy atom. The van der Waals surface area contributed by atoms with Crippen molar-refractivity contribution in [3.63, 3.8) is 0 Å². The summed E-state index contributed by atoms with van der Waals surface area (Å²) in [5.74, 6) is -1.59. The van der Waals surface area contributed by atoms with Crippen molar-refractivity contribution >= 4 is 45.7 Å². The Kier molecular flexibility index (Phi) is 8.82. The number of amides is 2. The molecule has 0 aliphatic carbocycles. The summed E-state index contributed by atoms with van der Waals surface area (Å²) in [5, 5.41) is 3.13. The number of likely N-dealkylation sites (tertiary alicyclic amines) is 1. The third-order valence-electron chi connectivity index (χ3n) is 4.07. The summed E-state index contributed by atoms with van der Waals surface area (Å²) < 4.78 is 24.7. The third kappa shape index (κ3) is 6.12. The average Bonchev–Trinajstić information content (AvgIpc) is 2.59. The fraction of sp³-hybridized carbons (Fsp3) is 0.500. The molecule has 146 valence electrons. The van der Waals surface area contributed by atoms with E-state index >= 15 is 0 Å². The van der Waals surface area contributed by atoms with E-state index in [-0.39, 0.29) is 35.7 Å². The van der Waals surface area contributed by atoms with Gasteiger partial charge in [-0.05, 0) is 37.1 Å². The van der Waals surface area contributed by atoms with E-state index in [1.165, 1.54) is 29.2 Å². The van der Waals surface area contributed by atoms with Gasteiger partial charge in [0.25, 0.3) is 0 Å². The van der Waals surface area contributed by atoms with Crippen molar-refractivity contribution in [3.8, 4) is 0 Å². The standard InChI is InChI=1S/C16H22ClN3O4S.ClH/c17-13-3-5-14(6-4-13)25(23,24)11-15(21)20-9-1-2-12(10-20)16(22)19-8-7-18;/h3-6,12H,1-2,7-11,18H2,(H,19,22);1H. The number of hydrogen-bond donors (Lipinski definition) is 2. The fourth-order valence-corrected chi connectivity index (χ4v) is 4.09. The molecule has 1 aromatic carbocycles. The number of carbonyl (C=O) groups is 2. The number of nitrogens with two attached hydrogens (primary N) is 1. The van der Waals surface area contributed by atoms with Crippen LogP contribution in [0.3, 0.4) is 0 Å². The highest BCUT2D eigenvalue weighted by Gasteiger charge is 2.30. The van der Waals surface area contributed by atoms with Crippen molar-refractivity contribution in [2.24, 2.45) is 11.7 Å². The molecule has 1 aliphatic heterocycles. The van der Waals surface area contributed by atoms with Crippen LogP contribution < -0.4 is 11.1 Å². The van der Waals surface area contributed by atoms with Gasteiger partial charge in [0.05, 0.1) is 10.8 Å². The quantitative estimate of drug-likeness (QED) is 0.704. The van der Waals surface area contributed by atoms with Crippen LogP contribution in [0.1, 0.15) is 12.8 Å². The molecule has 2 rings (SSSR count). The zero-order chi connectivity index (χ0) is 18.4. The molecule has 1 fully saturated rings. The molecule has 1 unspecified atom stereocenters. The molecule has 1 aromatic rings. The molecular formula is C16H23Cl2N3O4S. The Hall–Kier alpha value is -1.35. The normalized spacial score (nSPS) is 17.3. The Labute approximate surface area is 164 Å². The molecular weight excluding hydrogens is 401 g/mol. The Balaban J connectivity index is 0.00000338. The monoisotopic (exact) mass is 423 g/mol. The molecule has 0 aromatic heterocycles. The number of benzene rings is 1. The van der Waals surface area contributed by atoms with Crippen molar-refractivity contribution in [3.05, 3.63) is 29.3 Å². The van der Waals surface area contributed by atoms with Gasteiger partial charge in [-0.25, -0.2) is 8.42 Å². The molecule has 1 saturated heterocycles. The van der Waals surface area contributed by atoms with Crippen molar-refractivity contribution in [2.45, 2.75) is 17.7 Å². The minimum absolute atomic E-state index is 0. The predicted molar refractivity (Wildman–Crippen MR) is 102 cm³/mol. The zero-order valence-corrected chi connectivity index (χ0v) is 16.6.